The first-order chi connectivity index (χ1) is 8.15. The zero-order chi connectivity index (χ0) is 12.3. The number of benzene rings is 1. The van der Waals surface area contributed by atoms with Gasteiger partial charge >= 0.3 is 0 Å². The third kappa shape index (κ3) is 3.66. The van der Waals surface area contributed by atoms with Crippen LogP contribution in [0.3, 0.4) is 0 Å². The molecule has 0 amide bonds. The molecule has 1 heterocycles. The fourth-order valence-electron chi connectivity index (χ4n) is 2.03. The first-order valence-corrected chi connectivity index (χ1v) is 6.75. The summed E-state index contributed by atoms with van der Waals surface area (Å²) in [7, 11) is 2.18. The van der Waals surface area contributed by atoms with E-state index in [1.807, 2.05) is 0 Å². The molecule has 0 atom stereocenters. The molecular formula is C14H19BrN2. The standard InChI is InChI=1S/C14H19BrN2/c1-11(13-7-16-8-13)9-17(2)10-12-3-5-14(15)6-4-12/h3-6,16H,7-10H2,1-2H3. The Kier molecular flexibility index (Phi) is 4.37. The Morgan fingerprint density at radius 2 is 1.94 bits per heavy atom. The number of halogens is 1. The molecule has 1 aliphatic rings. The van der Waals surface area contributed by atoms with Crippen LogP contribution in [-0.4, -0.2) is 31.6 Å². The molecule has 0 aromatic heterocycles. The second kappa shape index (κ2) is 5.80. The van der Waals surface area contributed by atoms with Gasteiger partial charge in [-0.2, -0.15) is 0 Å². The van der Waals surface area contributed by atoms with Crippen LogP contribution >= 0.6 is 15.9 Å². The fraction of sp³-hybridized carbons (Fsp3) is 0.429. The van der Waals surface area contributed by atoms with E-state index in [9.17, 15) is 0 Å². The van der Waals surface area contributed by atoms with E-state index < -0.39 is 0 Å². The van der Waals surface area contributed by atoms with Crippen molar-refractivity contribution < 1.29 is 0 Å². The third-order valence-corrected chi connectivity index (χ3v) is 3.68. The first kappa shape index (κ1) is 12.8. The van der Waals surface area contributed by atoms with Crippen molar-refractivity contribution in [2.75, 3.05) is 26.7 Å². The summed E-state index contributed by atoms with van der Waals surface area (Å²) in [6, 6.07) is 8.55. The Morgan fingerprint density at radius 1 is 1.29 bits per heavy atom. The monoisotopic (exact) mass is 294 g/mol. The Bertz CT molecular complexity index is 403. The van der Waals surface area contributed by atoms with Crippen molar-refractivity contribution in [1.29, 1.82) is 0 Å². The van der Waals surface area contributed by atoms with Crippen molar-refractivity contribution in [3.63, 3.8) is 0 Å². The molecule has 3 heteroatoms. The Hall–Kier alpha value is -0.640. The molecule has 2 nitrogen and oxygen atoms in total. The number of rotatable bonds is 4. The van der Waals surface area contributed by atoms with Crippen LogP contribution in [0.25, 0.3) is 0 Å². The van der Waals surface area contributed by atoms with Gasteiger partial charge < -0.3 is 5.32 Å². The molecule has 0 aliphatic carbocycles. The van der Waals surface area contributed by atoms with Crippen molar-refractivity contribution >= 4 is 15.9 Å². The number of hydrogen-bond donors (Lipinski definition) is 1. The maximum atomic E-state index is 3.46. The van der Waals surface area contributed by atoms with Crippen LogP contribution in [-0.2, 0) is 6.54 Å². The topological polar surface area (TPSA) is 15.3 Å². The van der Waals surface area contributed by atoms with E-state index in [2.05, 4.69) is 64.4 Å². The summed E-state index contributed by atoms with van der Waals surface area (Å²) in [5.41, 5.74) is 4.45. The largest absolute Gasteiger partial charge is 0.309 e. The van der Waals surface area contributed by atoms with Gasteiger partial charge in [0.05, 0.1) is 0 Å². The highest BCUT2D eigenvalue weighted by Gasteiger charge is 2.11. The second-order valence-corrected chi connectivity index (χ2v) is 5.70. The summed E-state index contributed by atoms with van der Waals surface area (Å²) in [5, 5.41) is 3.29. The molecular weight excluding hydrogens is 276 g/mol. The number of hydrogen-bond acceptors (Lipinski definition) is 2. The van der Waals surface area contributed by atoms with Crippen LogP contribution in [0.4, 0.5) is 0 Å². The van der Waals surface area contributed by atoms with Crippen LogP contribution < -0.4 is 5.32 Å². The Morgan fingerprint density at radius 3 is 2.47 bits per heavy atom. The summed E-state index contributed by atoms with van der Waals surface area (Å²) in [6.07, 6.45) is 0. The summed E-state index contributed by atoms with van der Waals surface area (Å²) in [6.45, 7) is 6.47. The molecule has 1 saturated heterocycles. The van der Waals surface area contributed by atoms with E-state index in [0.29, 0.717) is 0 Å². The summed E-state index contributed by atoms with van der Waals surface area (Å²) in [5.74, 6) is 0. The SMILES string of the molecule is CC(CN(C)Cc1ccc(Br)cc1)=C1CNC1. The maximum absolute atomic E-state index is 3.46. The maximum Gasteiger partial charge on any atom is 0.0234 e. The fourth-order valence-corrected chi connectivity index (χ4v) is 2.29. The van der Waals surface area contributed by atoms with Crippen LogP contribution in [0.1, 0.15) is 12.5 Å². The molecule has 2 rings (SSSR count). The summed E-state index contributed by atoms with van der Waals surface area (Å²) >= 11 is 3.46. The molecule has 1 N–H and O–H groups in total. The van der Waals surface area contributed by atoms with E-state index in [4.69, 9.17) is 0 Å². The lowest BCUT2D eigenvalue weighted by Crippen LogP contribution is -2.36. The first-order valence-electron chi connectivity index (χ1n) is 5.96. The number of nitrogens with one attached hydrogen (secondary N) is 1. The molecule has 0 unspecified atom stereocenters. The van der Waals surface area contributed by atoms with Gasteiger partial charge in [0.15, 0.2) is 0 Å². The minimum Gasteiger partial charge on any atom is -0.309 e. The van der Waals surface area contributed by atoms with E-state index in [0.717, 1.165) is 30.7 Å². The average Bonchev–Trinajstić information content (AvgIpc) is 2.18. The van der Waals surface area contributed by atoms with Gasteiger partial charge in [-0.25, -0.2) is 0 Å². The lowest BCUT2D eigenvalue weighted by molar-refractivity contribution is 0.352. The average molecular weight is 295 g/mol. The molecule has 0 bridgehead atoms. The lowest BCUT2D eigenvalue weighted by atomic mass is 10.0. The minimum absolute atomic E-state index is 1.01. The molecule has 1 aromatic carbocycles. The van der Waals surface area contributed by atoms with Crippen molar-refractivity contribution in [2.24, 2.45) is 0 Å². The van der Waals surface area contributed by atoms with E-state index >= 15 is 0 Å². The predicted octanol–water partition coefficient (Wildman–Crippen LogP) is 2.80. The van der Waals surface area contributed by atoms with E-state index in [1.54, 1.807) is 5.57 Å². The normalized spacial score (nSPS) is 14.9. The predicted molar refractivity (Wildman–Crippen MR) is 76.0 cm³/mol. The number of nitrogens with zero attached hydrogens (tertiary/aromatic N) is 1. The lowest BCUT2D eigenvalue weighted by Gasteiger charge is -2.25. The smallest absolute Gasteiger partial charge is 0.0234 e. The van der Waals surface area contributed by atoms with Gasteiger partial charge in [0.2, 0.25) is 0 Å². The molecule has 92 valence electrons. The summed E-state index contributed by atoms with van der Waals surface area (Å²) < 4.78 is 1.14. The molecule has 17 heavy (non-hydrogen) atoms. The van der Waals surface area contributed by atoms with Crippen LogP contribution in [0.15, 0.2) is 39.9 Å². The number of likely N-dealkylation sites (N-methyl/N-ethyl adjacent to an activating group) is 1. The van der Waals surface area contributed by atoms with Gasteiger partial charge in [0.1, 0.15) is 0 Å². The van der Waals surface area contributed by atoms with Crippen molar-refractivity contribution in [2.45, 2.75) is 13.5 Å². The van der Waals surface area contributed by atoms with Crippen LogP contribution in [0, 0.1) is 0 Å². The van der Waals surface area contributed by atoms with Gasteiger partial charge in [0, 0.05) is 30.7 Å². The van der Waals surface area contributed by atoms with Crippen molar-refractivity contribution in [1.82, 2.24) is 10.2 Å². The molecule has 1 aliphatic heterocycles. The Balaban J connectivity index is 1.88. The van der Waals surface area contributed by atoms with Gasteiger partial charge in [0.25, 0.3) is 0 Å². The zero-order valence-electron chi connectivity index (χ0n) is 10.5. The second-order valence-electron chi connectivity index (χ2n) is 4.79. The quantitative estimate of drug-likeness (QED) is 0.859. The van der Waals surface area contributed by atoms with E-state index in [-0.39, 0.29) is 0 Å². The highest BCUT2D eigenvalue weighted by molar-refractivity contribution is 9.10. The Labute approximate surface area is 112 Å². The van der Waals surface area contributed by atoms with Crippen molar-refractivity contribution in [3.8, 4) is 0 Å². The molecule has 1 aromatic rings. The third-order valence-electron chi connectivity index (χ3n) is 3.15. The highest BCUT2D eigenvalue weighted by Crippen LogP contribution is 2.14. The van der Waals surface area contributed by atoms with E-state index in [1.165, 1.54) is 11.1 Å². The van der Waals surface area contributed by atoms with Gasteiger partial charge in [-0.1, -0.05) is 33.6 Å². The molecule has 0 saturated carbocycles. The molecule has 1 fully saturated rings. The van der Waals surface area contributed by atoms with Crippen LogP contribution in [0.2, 0.25) is 0 Å². The molecule has 0 radical (unpaired) electrons. The minimum atomic E-state index is 1.01. The van der Waals surface area contributed by atoms with Gasteiger partial charge in [-0.05, 0) is 37.2 Å². The van der Waals surface area contributed by atoms with Crippen molar-refractivity contribution in [3.05, 3.63) is 45.4 Å². The van der Waals surface area contributed by atoms with Crippen LogP contribution in [0.5, 0.6) is 0 Å². The molecule has 0 spiro atoms. The summed E-state index contributed by atoms with van der Waals surface area (Å²) in [4.78, 5) is 2.36. The van der Waals surface area contributed by atoms with Gasteiger partial charge in [-0.15, -0.1) is 0 Å². The highest BCUT2D eigenvalue weighted by atomic mass is 79.9. The van der Waals surface area contributed by atoms with Gasteiger partial charge in [-0.3, -0.25) is 4.90 Å². The zero-order valence-corrected chi connectivity index (χ0v) is 12.0.